The first-order chi connectivity index (χ1) is 20.0. The van der Waals surface area contributed by atoms with Crippen molar-refractivity contribution in [3.63, 3.8) is 0 Å². The number of piperidine rings is 1. The molecule has 1 aliphatic heterocycles. The highest BCUT2D eigenvalue weighted by Gasteiger charge is 2.28. The molecule has 1 aromatic heterocycles. The molecule has 2 heterocycles. The second kappa shape index (κ2) is 14.8. The molecule has 1 atom stereocenters. The molecule has 1 aliphatic rings. The first kappa shape index (κ1) is 29.5. The largest absolute Gasteiger partial charge is 0.445 e. The van der Waals surface area contributed by atoms with E-state index >= 15 is 0 Å². The van der Waals surface area contributed by atoms with E-state index in [0.717, 1.165) is 51.1 Å². The van der Waals surface area contributed by atoms with Crippen molar-refractivity contribution in [2.24, 2.45) is 0 Å². The van der Waals surface area contributed by atoms with Crippen LogP contribution in [-0.2, 0) is 24.3 Å². The van der Waals surface area contributed by atoms with Gasteiger partial charge in [0.05, 0.1) is 29.4 Å². The summed E-state index contributed by atoms with van der Waals surface area (Å²) in [6, 6.07) is 18.7. The first-order valence-corrected chi connectivity index (χ1v) is 13.9. The van der Waals surface area contributed by atoms with E-state index in [2.05, 4.69) is 51.4 Å². The van der Waals surface area contributed by atoms with Gasteiger partial charge in [0.1, 0.15) is 6.61 Å². The number of benzene rings is 2. The van der Waals surface area contributed by atoms with E-state index in [0.29, 0.717) is 24.4 Å². The number of nitro groups is 1. The zero-order valence-corrected chi connectivity index (χ0v) is 23.2. The summed E-state index contributed by atoms with van der Waals surface area (Å²) in [5.74, 6) is 0.310. The summed E-state index contributed by atoms with van der Waals surface area (Å²) >= 11 is 0. The average molecular weight is 557 g/mol. The number of carbonyl (C=O) groups excluding carboxylic acids is 1. The number of hydrogen-bond donors (Lipinski definition) is 0. The van der Waals surface area contributed by atoms with Crippen LogP contribution in [0.15, 0.2) is 79.8 Å². The van der Waals surface area contributed by atoms with Crippen LogP contribution in [0.25, 0.3) is 0 Å². The fourth-order valence-corrected chi connectivity index (χ4v) is 5.27. The molecule has 0 saturated carbocycles. The molecule has 0 spiro atoms. The van der Waals surface area contributed by atoms with Gasteiger partial charge in [0.25, 0.3) is 5.69 Å². The molecule has 1 unspecified atom stereocenters. The van der Waals surface area contributed by atoms with E-state index < -0.39 is 11.0 Å². The van der Waals surface area contributed by atoms with Crippen LogP contribution in [0.1, 0.15) is 42.0 Å². The zero-order valence-electron chi connectivity index (χ0n) is 23.2. The fraction of sp³-hybridized carbons (Fsp3) is 0.387. The summed E-state index contributed by atoms with van der Waals surface area (Å²) < 4.78 is 7.63. The number of ether oxygens (including phenoxy) is 1. The molecule has 0 aliphatic carbocycles. The van der Waals surface area contributed by atoms with Crippen LogP contribution in [-0.4, -0.2) is 62.6 Å². The number of aromatic nitrogens is 2. The number of nitro benzene ring substituents is 1. The Kier molecular flexibility index (Phi) is 10.6. The summed E-state index contributed by atoms with van der Waals surface area (Å²) in [7, 11) is 0. The van der Waals surface area contributed by atoms with Gasteiger partial charge < -0.3 is 19.1 Å². The number of rotatable bonds is 13. The van der Waals surface area contributed by atoms with Gasteiger partial charge in [-0.1, -0.05) is 36.4 Å². The summed E-state index contributed by atoms with van der Waals surface area (Å²) in [5, 5.41) is 19.8. The van der Waals surface area contributed by atoms with Crippen molar-refractivity contribution in [1.82, 2.24) is 19.4 Å². The summed E-state index contributed by atoms with van der Waals surface area (Å²) in [5.41, 5.74) is 2.77. The van der Waals surface area contributed by atoms with Crippen LogP contribution < -0.4 is 0 Å². The maximum absolute atomic E-state index is 13.0. The van der Waals surface area contributed by atoms with Gasteiger partial charge in [0.2, 0.25) is 0 Å². The molecule has 2 aromatic carbocycles. The topological polar surface area (TPSA) is 118 Å². The third-order valence-electron chi connectivity index (χ3n) is 7.51. The van der Waals surface area contributed by atoms with Crippen molar-refractivity contribution < 1.29 is 14.5 Å². The lowest BCUT2D eigenvalue weighted by Crippen LogP contribution is -2.47. The predicted octanol–water partition coefficient (Wildman–Crippen LogP) is 5.32. The van der Waals surface area contributed by atoms with E-state index in [1.54, 1.807) is 23.1 Å². The SMILES string of the molecule is C=CCN(C(=O)OCc1ccc([N+](=O)[O-])cc1)C1CCN(CCC(Cn2cnc(CC#N)c2)c2ccccc2)CC1. The van der Waals surface area contributed by atoms with Gasteiger partial charge in [-0.2, -0.15) is 5.26 Å². The van der Waals surface area contributed by atoms with Crippen molar-refractivity contribution in [3.05, 3.63) is 107 Å². The second-order valence-electron chi connectivity index (χ2n) is 10.3. The Labute approximate surface area is 240 Å². The third kappa shape index (κ3) is 8.50. The van der Waals surface area contributed by atoms with Crippen LogP contribution in [0, 0.1) is 21.4 Å². The van der Waals surface area contributed by atoms with Crippen molar-refractivity contribution in [1.29, 1.82) is 5.26 Å². The number of nitrogens with zero attached hydrogens (tertiary/aromatic N) is 6. The Balaban J connectivity index is 1.29. The molecule has 0 N–H and O–H groups in total. The smallest absolute Gasteiger partial charge is 0.410 e. The molecule has 0 radical (unpaired) electrons. The molecule has 41 heavy (non-hydrogen) atoms. The number of hydrogen-bond acceptors (Lipinski definition) is 7. The third-order valence-corrected chi connectivity index (χ3v) is 7.51. The molecule has 1 fully saturated rings. The Bertz CT molecular complexity index is 1330. The van der Waals surface area contributed by atoms with E-state index in [4.69, 9.17) is 10.00 Å². The lowest BCUT2D eigenvalue weighted by molar-refractivity contribution is -0.384. The molecule has 4 rings (SSSR count). The van der Waals surface area contributed by atoms with Gasteiger partial charge in [-0.15, -0.1) is 6.58 Å². The van der Waals surface area contributed by atoms with Crippen molar-refractivity contribution in [2.45, 2.75) is 50.8 Å². The van der Waals surface area contributed by atoms with Crippen LogP contribution in [0.5, 0.6) is 0 Å². The standard InChI is InChI=1S/C31H36N6O4/c1-2-17-36(31(38)41-23-25-8-10-30(11-9-25)37(39)40)29-14-19-34(20-15-29)18-13-27(26-6-4-3-5-7-26)21-35-22-28(12-16-32)33-24-35/h2-11,22,24,27,29H,1,12-15,17-21,23H2. The molecule has 10 nitrogen and oxygen atoms in total. The van der Waals surface area contributed by atoms with E-state index in [1.165, 1.54) is 17.7 Å². The van der Waals surface area contributed by atoms with Crippen molar-refractivity contribution in [2.75, 3.05) is 26.2 Å². The monoisotopic (exact) mass is 556 g/mol. The Morgan fingerprint density at radius 1 is 1.22 bits per heavy atom. The molecule has 1 saturated heterocycles. The first-order valence-electron chi connectivity index (χ1n) is 13.9. The van der Waals surface area contributed by atoms with Crippen molar-refractivity contribution in [3.8, 4) is 6.07 Å². The Morgan fingerprint density at radius 3 is 2.61 bits per heavy atom. The molecular formula is C31H36N6O4. The molecule has 214 valence electrons. The number of likely N-dealkylation sites (tertiary alicyclic amines) is 1. The number of imidazole rings is 1. The van der Waals surface area contributed by atoms with Gasteiger partial charge in [-0.05, 0) is 49.1 Å². The molecular weight excluding hydrogens is 520 g/mol. The quantitative estimate of drug-likeness (QED) is 0.159. The van der Waals surface area contributed by atoms with Gasteiger partial charge in [-0.3, -0.25) is 10.1 Å². The molecule has 10 heteroatoms. The van der Waals surface area contributed by atoms with E-state index in [1.807, 2.05) is 18.6 Å². The minimum atomic E-state index is -0.456. The molecule has 1 amide bonds. The minimum Gasteiger partial charge on any atom is -0.445 e. The van der Waals surface area contributed by atoms with Crippen LogP contribution in [0.2, 0.25) is 0 Å². The van der Waals surface area contributed by atoms with Crippen molar-refractivity contribution >= 4 is 11.8 Å². The predicted molar refractivity (Wildman–Crippen MR) is 155 cm³/mol. The molecule has 3 aromatic rings. The van der Waals surface area contributed by atoms with Gasteiger partial charge in [-0.25, -0.2) is 9.78 Å². The second-order valence-corrected chi connectivity index (χ2v) is 10.3. The Morgan fingerprint density at radius 2 is 1.95 bits per heavy atom. The van der Waals surface area contributed by atoms with Crippen LogP contribution in [0.4, 0.5) is 10.5 Å². The van der Waals surface area contributed by atoms with Gasteiger partial charge in [0, 0.05) is 56.5 Å². The zero-order chi connectivity index (χ0) is 29.0. The lowest BCUT2D eigenvalue weighted by Gasteiger charge is -2.38. The highest BCUT2D eigenvalue weighted by Crippen LogP contribution is 2.25. The number of non-ortho nitro benzene ring substituents is 1. The number of carbonyl (C=O) groups is 1. The van der Waals surface area contributed by atoms with Crippen LogP contribution >= 0.6 is 0 Å². The molecule has 0 bridgehead atoms. The maximum atomic E-state index is 13.0. The van der Waals surface area contributed by atoms with Gasteiger partial charge in [0.15, 0.2) is 0 Å². The fourth-order valence-electron chi connectivity index (χ4n) is 5.27. The highest BCUT2D eigenvalue weighted by molar-refractivity contribution is 5.68. The minimum absolute atomic E-state index is 0.00155. The number of nitriles is 1. The van der Waals surface area contributed by atoms with Crippen LogP contribution in [0.3, 0.4) is 0 Å². The average Bonchev–Trinajstić information content (AvgIpc) is 3.44. The highest BCUT2D eigenvalue weighted by atomic mass is 16.6. The Hall–Kier alpha value is -4.49. The maximum Gasteiger partial charge on any atom is 0.410 e. The lowest BCUT2D eigenvalue weighted by atomic mass is 9.94. The normalized spacial score (nSPS) is 14.6. The summed E-state index contributed by atoms with van der Waals surface area (Å²) in [4.78, 5) is 31.9. The van der Waals surface area contributed by atoms with E-state index in [-0.39, 0.29) is 18.3 Å². The van der Waals surface area contributed by atoms with Gasteiger partial charge >= 0.3 is 6.09 Å². The summed E-state index contributed by atoms with van der Waals surface area (Å²) in [6.07, 6.45) is 8.05. The number of amides is 1. The van der Waals surface area contributed by atoms with E-state index in [9.17, 15) is 14.9 Å². The summed E-state index contributed by atoms with van der Waals surface area (Å²) in [6.45, 7) is 7.78.